The Morgan fingerprint density at radius 3 is 2.17 bits per heavy atom. The zero-order chi connectivity index (χ0) is 13.3. The second-order valence-corrected chi connectivity index (χ2v) is 4.98. The zero-order valence-corrected chi connectivity index (χ0v) is 11.0. The summed E-state index contributed by atoms with van der Waals surface area (Å²) in [6.07, 6.45) is 0. The highest BCUT2D eigenvalue weighted by atomic mass is 35.5. The van der Waals surface area contributed by atoms with E-state index in [1.165, 1.54) is 6.07 Å². The third-order valence-electron chi connectivity index (χ3n) is 3.13. The molecule has 0 spiro atoms. The summed E-state index contributed by atoms with van der Waals surface area (Å²) in [6, 6.07) is 11.6. The molecule has 2 aromatic rings. The van der Waals surface area contributed by atoms with Crippen LogP contribution in [0.5, 0.6) is 0 Å². The number of hydrogen-bond donors (Lipinski definition) is 1. The first kappa shape index (κ1) is 13.1. The van der Waals surface area contributed by atoms with Gasteiger partial charge in [-0.3, -0.25) is 0 Å². The number of aryl methyl sites for hydroxylation is 1. The molecular weight excluding hydrogens is 251 g/mol. The van der Waals surface area contributed by atoms with Gasteiger partial charge in [-0.05, 0) is 54.8 Å². The van der Waals surface area contributed by atoms with Crippen LogP contribution < -0.4 is 0 Å². The van der Waals surface area contributed by atoms with Crippen LogP contribution in [0.1, 0.15) is 23.6 Å². The molecule has 3 heteroatoms. The molecule has 0 radical (unpaired) electrons. The van der Waals surface area contributed by atoms with Crippen LogP contribution in [0, 0.1) is 12.7 Å². The summed E-state index contributed by atoms with van der Waals surface area (Å²) in [5, 5.41) is 11.2. The summed E-state index contributed by atoms with van der Waals surface area (Å²) in [4.78, 5) is 0. The molecule has 1 N–H and O–H groups in total. The number of halogens is 2. The molecule has 2 rings (SSSR count). The quantitative estimate of drug-likeness (QED) is 0.868. The number of hydrogen-bond acceptors (Lipinski definition) is 1. The Hall–Kier alpha value is -1.38. The minimum absolute atomic E-state index is 0.273. The third-order valence-corrected chi connectivity index (χ3v) is 3.38. The maximum atomic E-state index is 13.2. The Balaban J connectivity index is 2.46. The lowest BCUT2D eigenvalue weighted by atomic mass is 9.87. The summed E-state index contributed by atoms with van der Waals surface area (Å²) >= 11 is 5.82. The second-order valence-electron chi connectivity index (χ2n) is 4.54. The van der Waals surface area contributed by atoms with Gasteiger partial charge in [-0.2, -0.15) is 0 Å². The predicted molar refractivity (Wildman–Crippen MR) is 71.3 cm³/mol. The van der Waals surface area contributed by atoms with Crippen LogP contribution in [0.2, 0.25) is 5.02 Å². The topological polar surface area (TPSA) is 20.2 Å². The monoisotopic (exact) mass is 264 g/mol. The highest BCUT2D eigenvalue weighted by Crippen LogP contribution is 2.30. The summed E-state index contributed by atoms with van der Waals surface area (Å²) in [6.45, 7) is 3.36. The highest BCUT2D eigenvalue weighted by molar-refractivity contribution is 6.30. The van der Waals surface area contributed by atoms with Crippen molar-refractivity contribution >= 4 is 11.6 Å². The fourth-order valence-corrected chi connectivity index (χ4v) is 2.01. The van der Waals surface area contributed by atoms with Gasteiger partial charge in [-0.1, -0.05) is 29.8 Å². The molecule has 0 aliphatic heterocycles. The van der Waals surface area contributed by atoms with Crippen LogP contribution in [0.25, 0.3) is 0 Å². The first-order valence-corrected chi connectivity index (χ1v) is 6.04. The molecular formula is C15H14ClFO. The Labute approximate surface area is 111 Å². The van der Waals surface area contributed by atoms with Crippen LogP contribution in [0.15, 0.2) is 42.5 Å². The average Bonchev–Trinajstić information content (AvgIpc) is 2.33. The lowest BCUT2D eigenvalue weighted by molar-refractivity contribution is 0.102. The van der Waals surface area contributed by atoms with Crippen LogP contribution >= 0.6 is 11.6 Å². The molecule has 0 aliphatic carbocycles. The zero-order valence-electron chi connectivity index (χ0n) is 10.2. The highest BCUT2D eigenvalue weighted by Gasteiger charge is 2.25. The summed E-state index contributed by atoms with van der Waals surface area (Å²) < 4.78 is 13.2. The predicted octanol–water partition coefficient (Wildman–Crippen LogP) is 4.04. The number of aliphatic hydroxyl groups is 1. The van der Waals surface area contributed by atoms with Crippen molar-refractivity contribution in [3.8, 4) is 0 Å². The molecule has 0 saturated carbocycles. The fourth-order valence-electron chi connectivity index (χ4n) is 1.89. The van der Waals surface area contributed by atoms with Gasteiger partial charge in [0.1, 0.15) is 11.4 Å². The van der Waals surface area contributed by atoms with Gasteiger partial charge in [0, 0.05) is 5.02 Å². The molecule has 0 fully saturated rings. The van der Waals surface area contributed by atoms with Crippen LogP contribution in [-0.4, -0.2) is 5.11 Å². The maximum Gasteiger partial charge on any atom is 0.126 e. The summed E-state index contributed by atoms with van der Waals surface area (Å²) in [5.74, 6) is -0.273. The molecule has 0 amide bonds. The van der Waals surface area contributed by atoms with Gasteiger partial charge in [0.25, 0.3) is 0 Å². The molecule has 0 bridgehead atoms. The normalized spacial score (nSPS) is 14.3. The molecule has 0 aromatic heterocycles. The summed E-state index contributed by atoms with van der Waals surface area (Å²) in [7, 11) is 0. The van der Waals surface area contributed by atoms with Crippen molar-refractivity contribution in [1.29, 1.82) is 0 Å². The van der Waals surface area contributed by atoms with Crippen molar-refractivity contribution < 1.29 is 9.50 Å². The van der Waals surface area contributed by atoms with Crippen molar-refractivity contribution in [3.63, 3.8) is 0 Å². The third kappa shape index (κ3) is 2.40. The van der Waals surface area contributed by atoms with Gasteiger partial charge in [-0.15, -0.1) is 0 Å². The van der Waals surface area contributed by atoms with Crippen molar-refractivity contribution in [3.05, 3.63) is 70.0 Å². The summed E-state index contributed by atoms with van der Waals surface area (Å²) in [5.41, 5.74) is 0.728. The molecule has 1 atom stereocenters. The Kier molecular flexibility index (Phi) is 3.42. The molecule has 0 heterocycles. The second kappa shape index (κ2) is 4.71. The first-order chi connectivity index (χ1) is 8.41. The molecule has 94 valence electrons. The minimum atomic E-state index is -1.16. The van der Waals surface area contributed by atoms with Crippen molar-refractivity contribution in [2.45, 2.75) is 19.4 Å². The molecule has 18 heavy (non-hydrogen) atoms. The molecule has 2 aromatic carbocycles. The van der Waals surface area contributed by atoms with Gasteiger partial charge in [0.2, 0.25) is 0 Å². The Morgan fingerprint density at radius 2 is 1.61 bits per heavy atom. The van der Waals surface area contributed by atoms with Crippen LogP contribution in [0.4, 0.5) is 4.39 Å². The van der Waals surface area contributed by atoms with Gasteiger partial charge >= 0.3 is 0 Å². The van der Waals surface area contributed by atoms with Crippen molar-refractivity contribution in [2.24, 2.45) is 0 Å². The van der Waals surface area contributed by atoms with E-state index in [0.29, 0.717) is 16.1 Å². The van der Waals surface area contributed by atoms with E-state index < -0.39 is 5.60 Å². The smallest absolute Gasteiger partial charge is 0.126 e. The number of rotatable bonds is 2. The molecule has 0 aliphatic rings. The van der Waals surface area contributed by atoms with Crippen molar-refractivity contribution in [2.75, 3.05) is 0 Å². The maximum absolute atomic E-state index is 13.2. The Bertz CT molecular complexity index is 561. The molecule has 0 saturated heterocycles. The van der Waals surface area contributed by atoms with E-state index in [1.54, 1.807) is 50.2 Å². The van der Waals surface area contributed by atoms with E-state index in [9.17, 15) is 9.50 Å². The van der Waals surface area contributed by atoms with E-state index in [1.807, 2.05) is 0 Å². The fraction of sp³-hybridized carbons (Fsp3) is 0.200. The average molecular weight is 265 g/mol. The van der Waals surface area contributed by atoms with E-state index in [0.717, 1.165) is 5.56 Å². The van der Waals surface area contributed by atoms with Gasteiger partial charge in [0.05, 0.1) is 0 Å². The van der Waals surface area contributed by atoms with Gasteiger partial charge in [-0.25, -0.2) is 4.39 Å². The van der Waals surface area contributed by atoms with Gasteiger partial charge in [0.15, 0.2) is 0 Å². The van der Waals surface area contributed by atoms with E-state index in [2.05, 4.69) is 0 Å². The van der Waals surface area contributed by atoms with E-state index in [-0.39, 0.29) is 5.82 Å². The molecule has 1 nitrogen and oxygen atoms in total. The Morgan fingerprint density at radius 1 is 1.06 bits per heavy atom. The lowest BCUT2D eigenvalue weighted by Crippen LogP contribution is -2.22. The number of benzene rings is 2. The minimum Gasteiger partial charge on any atom is -0.381 e. The van der Waals surface area contributed by atoms with Crippen molar-refractivity contribution in [1.82, 2.24) is 0 Å². The van der Waals surface area contributed by atoms with E-state index in [4.69, 9.17) is 11.6 Å². The van der Waals surface area contributed by atoms with Crippen LogP contribution in [0.3, 0.4) is 0 Å². The first-order valence-electron chi connectivity index (χ1n) is 5.66. The largest absolute Gasteiger partial charge is 0.381 e. The van der Waals surface area contributed by atoms with E-state index >= 15 is 0 Å². The van der Waals surface area contributed by atoms with Crippen LogP contribution in [-0.2, 0) is 5.60 Å². The molecule has 1 unspecified atom stereocenters. The SMILES string of the molecule is Cc1cc(C(C)(O)c2ccc(Cl)cc2)ccc1F. The standard InChI is InChI=1S/C15H14ClFO/c1-10-9-12(5-8-14(10)17)15(2,18)11-3-6-13(16)7-4-11/h3-9,18H,1-2H3. The lowest BCUT2D eigenvalue weighted by Gasteiger charge is -2.25. The van der Waals surface area contributed by atoms with Gasteiger partial charge < -0.3 is 5.11 Å².